The summed E-state index contributed by atoms with van der Waals surface area (Å²) in [6.07, 6.45) is 0. The average molecular weight is 604 g/mol. The zero-order chi connectivity index (χ0) is 31.0. The molecule has 0 saturated heterocycles. The summed E-state index contributed by atoms with van der Waals surface area (Å²) in [4.78, 5) is 39.3. The fourth-order valence-corrected chi connectivity index (χ4v) is 7.68. The van der Waals surface area contributed by atoms with Gasteiger partial charge in [-0.1, -0.05) is 58.9 Å². The summed E-state index contributed by atoms with van der Waals surface area (Å²) < 4.78 is 0.915. The number of rotatable bonds is 4. The van der Waals surface area contributed by atoms with Gasteiger partial charge in [0.1, 0.15) is 5.75 Å². The number of aliphatic hydroxyl groups is 1. The third kappa shape index (κ3) is 4.92. The Morgan fingerprint density at radius 2 is 1.48 bits per heavy atom. The van der Waals surface area contributed by atoms with E-state index in [4.69, 9.17) is 4.98 Å². The van der Waals surface area contributed by atoms with Crippen LogP contribution in [0.25, 0.3) is 10.2 Å². The number of carbonyl (C=O) groups is 2. The first-order valence-electron chi connectivity index (χ1n) is 13.9. The van der Waals surface area contributed by atoms with E-state index < -0.39 is 34.3 Å². The first-order valence-corrected chi connectivity index (χ1v) is 15.5. The van der Waals surface area contributed by atoms with Gasteiger partial charge in [-0.05, 0) is 84.5 Å². The van der Waals surface area contributed by atoms with Crippen LogP contribution in [-0.2, 0) is 15.6 Å². The van der Waals surface area contributed by atoms with E-state index in [1.807, 2.05) is 86.6 Å². The standard InChI is InChI=1S/C33H37N3O4S2/c1-15-11-16(2)24-22(12-15)42-31(35-24)36-25(19-13-20(32(5,6)7)26(37)21(14-19)33(8,9)10)23(28(39)30(36)40)27(38)29-17(3)34-18(4)41-29/h11-14,25,37,39H,1-10H3. The molecule has 7 nitrogen and oxygen atoms in total. The van der Waals surface area contributed by atoms with Gasteiger partial charge in [-0.25, -0.2) is 9.97 Å². The highest BCUT2D eigenvalue weighted by molar-refractivity contribution is 7.22. The van der Waals surface area contributed by atoms with Gasteiger partial charge in [0, 0.05) is 0 Å². The molecule has 1 unspecified atom stereocenters. The van der Waals surface area contributed by atoms with E-state index in [-0.39, 0.29) is 11.3 Å². The lowest BCUT2D eigenvalue weighted by Crippen LogP contribution is -2.31. The van der Waals surface area contributed by atoms with Gasteiger partial charge in [-0.3, -0.25) is 14.5 Å². The largest absolute Gasteiger partial charge is 0.507 e. The molecular formula is C33H37N3O4S2. The Morgan fingerprint density at radius 1 is 0.881 bits per heavy atom. The van der Waals surface area contributed by atoms with Crippen LogP contribution in [0.4, 0.5) is 5.13 Å². The van der Waals surface area contributed by atoms with Crippen molar-refractivity contribution in [2.45, 2.75) is 86.1 Å². The number of Topliss-reactive ketones (excluding diaryl/α,β-unsaturated/α-hetero) is 1. The zero-order valence-electron chi connectivity index (χ0n) is 25.8. The molecule has 0 fully saturated rings. The van der Waals surface area contributed by atoms with Crippen LogP contribution >= 0.6 is 22.7 Å². The summed E-state index contributed by atoms with van der Waals surface area (Å²) in [6.45, 7) is 19.6. The number of hydrogen-bond donors (Lipinski definition) is 2. The van der Waals surface area contributed by atoms with Gasteiger partial charge in [0.05, 0.1) is 37.4 Å². The molecule has 4 aromatic rings. The van der Waals surface area contributed by atoms with Gasteiger partial charge in [-0.15, -0.1) is 11.3 Å². The Kier molecular flexibility index (Phi) is 7.14. The quantitative estimate of drug-likeness (QED) is 0.229. The van der Waals surface area contributed by atoms with Crippen molar-refractivity contribution in [2.24, 2.45) is 0 Å². The monoisotopic (exact) mass is 603 g/mol. The predicted octanol–water partition coefficient (Wildman–Crippen LogP) is 8.07. The highest BCUT2D eigenvalue weighted by Gasteiger charge is 2.47. The van der Waals surface area contributed by atoms with Crippen molar-refractivity contribution in [1.82, 2.24) is 9.97 Å². The van der Waals surface area contributed by atoms with Gasteiger partial charge in [0.15, 0.2) is 10.9 Å². The van der Waals surface area contributed by atoms with Crippen LogP contribution in [-0.4, -0.2) is 31.9 Å². The molecule has 0 spiro atoms. The molecule has 2 aromatic carbocycles. The number of benzene rings is 2. The number of thiazole rings is 2. The van der Waals surface area contributed by atoms with Crippen LogP contribution < -0.4 is 4.90 Å². The number of aromatic nitrogens is 2. The topological polar surface area (TPSA) is 104 Å². The second-order valence-electron chi connectivity index (χ2n) is 13.2. The summed E-state index contributed by atoms with van der Waals surface area (Å²) in [5, 5.41) is 24.0. The molecular weight excluding hydrogens is 567 g/mol. The fraction of sp³-hybridized carbons (Fsp3) is 0.394. The van der Waals surface area contributed by atoms with Crippen molar-refractivity contribution in [2.75, 3.05) is 4.90 Å². The Bertz CT molecular complexity index is 1780. The Hall–Kier alpha value is -3.56. The van der Waals surface area contributed by atoms with Crippen LogP contribution in [0.3, 0.4) is 0 Å². The molecule has 1 aliphatic heterocycles. The molecule has 0 radical (unpaired) electrons. The molecule has 0 aliphatic carbocycles. The molecule has 5 rings (SSSR count). The lowest BCUT2D eigenvalue weighted by Gasteiger charge is -2.31. The molecule has 2 N–H and O–H groups in total. The van der Waals surface area contributed by atoms with Gasteiger partial charge in [0.25, 0.3) is 5.91 Å². The van der Waals surface area contributed by atoms with Crippen LogP contribution in [0, 0.1) is 27.7 Å². The van der Waals surface area contributed by atoms with E-state index >= 15 is 0 Å². The normalized spacial score (nSPS) is 16.3. The molecule has 1 atom stereocenters. The van der Waals surface area contributed by atoms with Crippen molar-refractivity contribution < 1.29 is 19.8 Å². The number of phenolic OH excluding ortho intramolecular Hbond substituents is 1. The number of ketones is 1. The summed E-state index contributed by atoms with van der Waals surface area (Å²) in [6, 6.07) is 6.82. The number of amides is 1. The van der Waals surface area contributed by atoms with Crippen molar-refractivity contribution in [3.8, 4) is 5.75 Å². The number of carbonyl (C=O) groups excluding carboxylic acids is 2. The van der Waals surface area contributed by atoms with Crippen LogP contribution in [0.2, 0.25) is 0 Å². The maximum Gasteiger partial charge on any atom is 0.296 e. The second-order valence-corrected chi connectivity index (χ2v) is 15.4. The van der Waals surface area contributed by atoms with E-state index in [1.54, 1.807) is 6.92 Å². The smallest absolute Gasteiger partial charge is 0.296 e. The highest BCUT2D eigenvalue weighted by Crippen LogP contribution is 2.48. The lowest BCUT2D eigenvalue weighted by molar-refractivity contribution is -0.117. The van der Waals surface area contributed by atoms with Crippen LogP contribution in [0.1, 0.15) is 95.8 Å². The summed E-state index contributed by atoms with van der Waals surface area (Å²) in [5.41, 5.74) is 4.49. The summed E-state index contributed by atoms with van der Waals surface area (Å²) in [5.74, 6) is -1.52. The van der Waals surface area contributed by atoms with E-state index in [9.17, 15) is 19.8 Å². The zero-order valence-corrected chi connectivity index (χ0v) is 27.4. The van der Waals surface area contributed by atoms with Gasteiger partial charge >= 0.3 is 0 Å². The first-order chi connectivity index (χ1) is 19.4. The number of aromatic hydroxyl groups is 1. The number of nitrogens with zero attached hydrogens (tertiary/aromatic N) is 3. The van der Waals surface area contributed by atoms with Crippen molar-refractivity contribution >= 4 is 49.7 Å². The van der Waals surface area contributed by atoms with Crippen LogP contribution in [0.15, 0.2) is 35.6 Å². The lowest BCUT2D eigenvalue weighted by atomic mass is 9.77. The third-order valence-electron chi connectivity index (χ3n) is 7.65. The van der Waals surface area contributed by atoms with E-state index in [0.29, 0.717) is 32.4 Å². The average Bonchev–Trinajstić information content (AvgIpc) is 3.51. The van der Waals surface area contributed by atoms with Crippen molar-refractivity contribution in [3.63, 3.8) is 0 Å². The van der Waals surface area contributed by atoms with Gasteiger partial charge in [0.2, 0.25) is 5.78 Å². The Labute approximate surface area is 254 Å². The number of hydrogen-bond acceptors (Lipinski definition) is 8. The predicted molar refractivity (Wildman–Crippen MR) is 170 cm³/mol. The number of aliphatic hydroxyl groups excluding tert-OH is 1. The minimum atomic E-state index is -0.962. The van der Waals surface area contributed by atoms with E-state index in [1.165, 1.54) is 27.6 Å². The number of aryl methyl sites for hydroxylation is 4. The van der Waals surface area contributed by atoms with Gasteiger partial charge in [-0.2, -0.15) is 0 Å². The Morgan fingerprint density at radius 3 is 2.00 bits per heavy atom. The molecule has 220 valence electrons. The minimum absolute atomic E-state index is 0.00989. The fourth-order valence-electron chi connectivity index (χ4n) is 5.63. The molecule has 1 amide bonds. The summed E-state index contributed by atoms with van der Waals surface area (Å²) in [7, 11) is 0. The minimum Gasteiger partial charge on any atom is -0.507 e. The molecule has 42 heavy (non-hydrogen) atoms. The van der Waals surface area contributed by atoms with Crippen molar-refractivity contribution in [3.05, 3.63) is 79.0 Å². The number of anilines is 1. The molecule has 2 aromatic heterocycles. The second kappa shape index (κ2) is 10.0. The first kappa shape index (κ1) is 29.9. The number of phenols is 1. The van der Waals surface area contributed by atoms with E-state index in [0.717, 1.165) is 26.4 Å². The molecule has 3 heterocycles. The maximum atomic E-state index is 14.2. The highest BCUT2D eigenvalue weighted by atomic mass is 32.1. The van der Waals surface area contributed by atoms with Gasteiger partial charge < -0.3 is 10.2 Å². The van der Waals surface area contributed by atoms with Crippen LogP contribution in [0.5, 0.6) is 5.75 Å². The molecule has 0 saturated carbocycles. The molecule has 1 aliphatic rings. The molecule has 0 bridgehead atoms. The third-order valence-corrected chi connectivity index (χ3v) is 9.72. The Balaban J connectivity index is 1.82. The maximum absolute atomic E-state index is 14.2. The SMILES string of the molecule is Cc1cc(C)c2nc(N3C(=O)C(O)=C(C(=O)c4sc(C)nc4C)C3c3cc(C(C)(C)C)c(O)c(C(C)(C)C)c3)sc2c1. The molecule has 9 heteroatoms. The van der Waals surface area contributed by atoms with E-state index in [2.05, 4.69) is 4.98 Å². The summed E-state index contributed by atoms with van der Waals surface area (Å²) >= 11 is 2.60. The van der Waals surface area contributed by atoms with Crippen molar-refractivity contribution in [1.29, 1.82) is 0 Å². The number of fused-ring (bicyclic) bond motifs is 1.